The second kappa shape index (κ2) is 6.68. The molecule has 0 bridgehead atoms. The van der Waals surface area contributed by atoms with E-state index >= 15 is 0 Å². The number of hydrogen-bond donors (Lipinski definition) is 3. The molecule has 0 atom stereocenters. The standard InChI is InChI=1S/C10H24N2S/c1-9(2)7-11-5-6-12-8-10(3,4)13/h9,11-13H,5-8H2,1-4H3. The third kappa shape index (κ3) is 12.3. The molecule has 0 aliphatic heterocycles. The zero-order chi connectivity index (χ0) is 10.3. The van der Waals surface area contributed by atoms with E-state index in [1.807, 2.05) is 0 Å². The van der Waals surface area contributed by atoms with Crippen molar-refractivity contribution in [3.05, 3.63) is 0 Å². The first-order valence-electron chi connectivity index (χ1n) is 5.05. The van der Waals surface area contributed by atoms with Crippen molar-refractivity contribution in [1.82, 2.24) is 10.6 Å². The minimum Gasteiger partial charge on any atom is -0.315 e. The molecule has 0 aromatic rings. The van der Waals surface area contributed by atoms with E-state index in [1.165, 1.54) is 0 Å². The molecular weight excluding hydrogens is 180 g/mol. The second-order valence-electron chi connectivity index (χ2n) is 4.59. The largest absolute Gasteiger partial charge is 0.315 e. The highest BCUT2D eigenvalue weighted by Crippen LogP contribution is 2.08. The molecule has 0 amide bonds. The van der Waals surface area contributed by atoms with Crippen molar-refractivity contribution in [3.8, 4) is 0 Å². The van der Waals surface area contributed by atoms with Gasteiger partial charge in [-0.05, 0) is 26.3 Å². The Balaban J connectivity index is 3.09. The highest BCUT2D eigenvalue weighted by molar-refractivity contribution is 7.81. The maximum atomic E-state index is 4.43. The van der Waals surface area contributed by atoms with Gasteiger partial charge in [0.15, 0.2) is 0 Å². The van der Waals surface area contributed by atoms with Crippen molar-refractivity contribution in [1.29, 1.82) is 0 Å². The van der Waals surface area contributed by atoms with E-state index < -0.39 is 0 Å². The summed E-state index contributed by atoms with van der Waals surface area (Å²) < 4.78 is 0.0953. The molecule has 0 spiro atoms. The lowest BCUT2D eigenvalue weighted by Gasteiger charge is -2.18. The molecule has 0 aromatic carbocycles. The van der Waals surface area contributed by atoms with Crippen LogP contribution < -0.4 is 10.6 Å². The first-order valence-corrected chi connectivity index (χ1v) is 5.50. The lowest BCUT2D eigenvalue weighted by atomic mass is 10.2. The van der Waals surface area contributed by atoms with Gasteiger partial charge in [-0.25, -0.2) is 0 Å². The molecule has 0 aromatic heterocycles. The molecule has 0 saturated carbocycles. The zero-order valence-corrected chi connectivity index (χ0v) is 10.2. The number of rotatable bonds is 7. The highest BCUT2D eigenvalue weighted by Gasteiger charge is 2.09. The predicted octanol–water partition coefficient (Wildman–Crippen LogP) is 1.53. The van der Waals surface area contributed by atoms with Gasteiger partial charge in [-0.15, -0.1) is 0 Å². The highest BCUT2D eigenvalue weighted by atomic mass is 32.1. The first-order chi connectivity index (χ1) is 5.92. The Bertz CT molecular complexity index is 119. The van der Waals surface area contributed by atoms with Crippen molar-refractivity contribution in [2.45, 2.75) is 32.4 Å². The Labute approximate surface area is 88.3 Å². The third-order valence-electron chi connectivity index (χ3n) is 1.59. The zero-order valence-electron chi connectivity index (χ0n) is 9.35. The van der Waals surface area contributed by atoms with Crippen molar-refractivity contribution in [3.63, 3.8) is 0 Å². The molecule has 3 heteroatoms. The SMILES string of the molecule is CC(C)CNCCNCC(C)(C)S. The molecule has 0 unspecified atom stereocenters. The molecule has 80 valence electrons. The molecule has 0 rings (SSSR count). The molecule has 13 heavy (non-hydrogen) atoms. The summed E-state index contributed by atoms with van der Waals surface area (Å²) in [4.78, 5) is 0. The fourth-order valence-electron chi connectivity index (χ4n) is 0.962. The van der Waals surface area contributed by atoms with Gasteiger partial charge in [-0.1, -0.05) is 13.8 Å². The van der Waals surface area contributed by atoms with Gasteiger partial charge in [-0.3, -0.25) is 0 Å². The van der Waals surface area contributed by atoms with Crippen LogP contribution in [0.3, 0.4) is 0 Å². The van der Waals surface area contributed by atoms with Crippen molar-refractivity contribution in [2.24, 2.45) is 5.92 Å². The molecule has 0 radical (unpaired) electrons. The minimum atomic E-state index is 0.0953. The third-order valence-corrected chi connectivity index (χ3v) is 1.75. The van der Waals surface area contributed by atoms with Crippen LogP contribution in [-0.2, 0) is 0 Å². The van der Waals surface area contributed by atoms with Gasteiger partial charge in [0.1, 0.15) is 0 Å². The van der Waals surface area contributed by atoms with E-state index in [2.05, 4.69) is 51.0 Å². The number of nitrogens with one attached hydrogen (secondary N) is 2. The summed E-state index contributed by atoms with van der Waals surface area (Å²) in [5.74, 6) is 0.737. The van der Waals surface area contributed by atoms with Gasteiger partial charge < -0.3 is 10.6 Å². The van der Waals surface area contributed by atoms with E-state index in [0.717, 1.165) is 32.1 Å². The lowest BCUT2D eigenvalue weighted by molar-refractivity contribution is 0.522. The fourth-order valence-corrected chi connectivity index (χ4v) is 1.07. The van der Waals surface area contributed by atoms with Gasteiger partial charge in [0.05, 0.1) is 0 Å². The van der Waals surface area contributed by atoms with E-state index in [4.69, 9.17) is 0 Å². The maximum absolute atomic E-state index is 4.43. The summed E-state index contributed by atoms with van der Waals surface area (Å²) in [6.45, 7) is 12.8. The molecule has 2 nitrogen and oxygen atoms in total. The summed E-state index contributed by atoms with van der Waals surface area (Å²) in [6.07, 6.45) is 0. The van der Waals surface area contributed by atoms with Crippen molar-refractivity contribution >= 4 is 12.6 Å². The average Bonchev–Trinajstić information content (AvgIpc) is 1.93. The van der Waals surface area contributed by atoms with Gasteiger partial charge in [0, 0.05) is 24.4 Å². The van der Waals surface area contributed by atoms with Gasteiger partial charge in [-0.2, -0.15) is 12.6 Å². The monoisotopic (exact) mass is 204 g/mol. The van der Waals surface area contributed by atoms with E-state index in [9.17, 15) is 0 Å². The van der Waals surface area contributed by atoms with Crippen LogP contribution >= 0.6 is 12.6 Å². The Hall–Kier alpha value is 0.270. The van der Waals surface area contributed by atoms with Gasteiger partial charge >= 0.3 is 0 Å². The van der Waals surface area contributed by atoms with Crippen LogP contribution in [0.1, 0.15) is 27.7 Å². The predicted molar refractivity (Wildman–Crippen MR) is 63.6 cm³/mol. The Morgan fingerprint density at radius 1 is 1.15 bits per heavy atom. The first kappa shape index (κ1) is 13.3. The van der Waals surface area contributed by atoms with Crippen LogP contribution in [-0.4, -0.2) is 30.9 Å². The Kier molecular flexibility index (Phi) is 6.82. The average molecular weight is 204 g/mol. The number of thiol groups is 1. The molecule has 0 fully saturated rings. The van der Waals surface area contributed by atoms with E-state index in [-0.39, 0.29) is 4.75 Å². The Morgan fingerprint density at radius 2 is 1.69 bits per heavy atom. The summed E-state index contributed by atoms with van der Waals surface area (Å²) in [5, 5.41) is 6.74. The van der Waals surface area contributed by atoms with Crippen LogP contribution in [0, 0.1) is 5.92 Å². The number of hydrogen-bond acceptors (Lipinski definition) is 3. The summed E-state index contributed by atoms with van der Waals surface area (Å²) in [5.41, 5.74) is 0. The van der Waals surface area contributed by atoms with E-state index in [0.29, 0.717) is 0 Å². The van der Waals surface area contributed by atoms with Crippen LogP contribution in [0.5, 0.6) is 0 Å². The molecule has 0 saturated heterocycles. The summed E-state index contributed by atoms with van der Waals surface area (Å²) in [7, 11) is 0. The molecule has 0 aliphatic carbocycles. The lowest BCUT2D eigenvalue weighted by Crippen LogP contribution is -2.35. The van der Waals surface area contributed by atoms with Crippen molar-refractivity contribution in [2.75, 3.05) is 26.2 Å². The van der Waals surface area contributed by atoms with Gasteiger partial charge in [0.25, 0.3) is 0 Å². The quantitative estimate of drug-likeness (QED) is 0.433. The topological polar surface area (TPSA) is 24.1 Å². The smallest absolute Gasteiger partial charge is 0.0198 e. The molecule has 2 N–H and O–H groups in total. The maximum Gasteiger partial charge on any atom is 0.0198 e. The van der Waals surface area contributed by atoms with Crippen LogP contribution in [0.2, 0.25) is 0 Å². The minimum absolute atomic E-state index is 0.0953. The normalized spacial score (nSPS) is 12.5. The van der Waals surface area contributed by atoms with Crippen LogP contribution in [0.15, 0.2) is 0 Å². The van der Waals surface area contributed by atoms with Crippen LogP contribution in [0.25, 0.3) is 0 Å². The second-order valence-corrected chi connectivity index (χ2v) is 5.80. The molecule has 0 heterocycles. The molecule has 0 aliphatic rings. The fraction of sp³-hybridized carbons (Fsp3) is 1.00. The van der Waals surface area contributed by atoms with Crippen molar-refractivity contribution < 1.29 is 0 Å². The van der Waals surface area contributed by atoms with Gasteiger partial charge in [0.2, 0.25) is 0 Å². The molecular formula is C10H24N2S. The Morgan fingerprint density at radius 3 is 2.15 bits per heavy atom. The summed E-state index contributed by atoms with van der Waals surface area (Å²) >= 11 is 4.43. The van der Waals surface area contributed by atoms with Crippen LogP contribution in [0.4, 0.5) is 0 Å². The van der Waals surface area contributed by atoms with E-state index in [1.54, 1.807) is 0 Å². The summed E-state index contributed by atoms with van der Waals surface area (Å²) in [6, 6.07) is 0.